The van der Waals surface area contributed by atoms with Gasteiger partial charge in [-0.2, -0.15) is 0 Å². The van der Waals surface area contributed by atoms with E-state index in [9.17, 15) is 45.6 Å². The van der Waals surface area contributed by atoms with Gasteiger partial charge < -0.3 is 64.2 Å². The smallest absolute Gasteiger partial charge is 0.197 e. The lowest BCUT2D eigenvalue weighted by Gasteiger charge is -2.46. The summed E-state index contributed by atoms with van der Waals surface area (Å²) in [6.45, 7) is 0.669. The van der Waals surface area contributed by atoms with Crippen molar-refractivity contribution in [2.24, 2.45) is 0 Å². The van der Waals surface area contributed by atoms with Gasteiger partial charge in [-0.25, -0.2) is 0 Å². The maximum atomic E-state index is 13.3. The summed E-state index contributed by atoms with van der Waals surface area (Å²) in [7, 11) is 1.26. The summed E-state index contributed by atoms with van der Waals surface area (Å²) < 4.78 is 28.5. The molecule has 3 heterocycles. The largest absolute Gasteiger partial charge is 0.508 e. The Morgan fingerprint density at radius 2 is 1.57 bits per heavy atom. The Labute approximate surface area is 238 Å². The van der Waals surface area contributed by atoms with E-state index in [-0.39, 0.29) is 33.8 Å². The third-order valence-corrected chi connectivity index (χ3v) is 7.62. The first kappa shape index (κ1) is 30.2. The maximum Gasteiger partial charge on any atom is 0.197 e. The Morgan fingerprint density at radius 3 is 2.21 bits per heavy atom. The minimum absolute atomic E-state index is 0.00915. The highest BCUT2D eigenvalue weighted by molar-refractivity contribution is 5.88. The van der Waals surface area contributed by atoms with Crippen LogP contribution in [0.4, 0.5) is 0 Å². The Bertz CT molecular complexity index is 1470. The fourth-order valence-electron chi connectivity index (χ4n) is 5.26. The molecule has 10 atom stereocenters. The molecular weight excluding hydrogens is 560 g/mol. The molecule has 2 aromatic carbocycles. The van der Waals surface area contributed by atoms with Crippen LogP contribution in [-0.2, 0) is 14.2 Å². The lowest BCUT2D eigenvalue weighted by atomic mass is 9.89. The summed E-state index contributed by atoms with van der Waals surface area (Å²) in [4.78, 5) is 13.3. The predicted molar refractivity (Wildman–Crippen MR) is 142 cm³/mol. The molecule has 8 N–H and O–H groups in total. The van der Waals surface area contributed by atoms with Crippen LogP contribution < -0.4 is 10.2 Å². The lowest BCUT2D eigenvalue weighted by molar-refractivity contribution is -0.338. The Morgan fingerprint density at radius 1 is 0.881 bits per heavy atom. The van der Waals surface area contributed by atoms with Crippen molar-refractivity contribution in [3.63, 3.8) is 0 Å². The molecule has 3 aromatic rings. The van der Waals surface area contributed by atoms with Crippen LogP contribution in [0, 0.1) is 0 Å². The van der Waals surface area contributed by atoms with Crippen molar-refractivity contribution in [2.75, 3.05) is 13.7 Å². The van der Waals surface area contributed by atoms with E-state index >= 15 is 0 Å². The number of aliphatic hydroxyl groups excluding tert-OH is 6. The molecule has 0 bridgehead atoms. The first-order chi connectivity index (χ1) is 20.0. The second-order valence-electron chi connectivity index (χ2n) is 10.3. The number of benzene rings is 2. The summed E-state index contributed by atoms with van der Waals surface area (Å²) in [5.74, 6) is -0.606. The zero-order chi connectivity index (χ0) is 30.5. The fraction of sp³-hybridized carbons (Fsp3) is 0.464. The van der Waals surface area contributed by atoms with Crippen LogP contribution in [0.15, 0.2) is 45.6 Å². The van der Waals surface area contributed by atoms with E-state index in [0.29, 0.717) is 5.56 Å². The van der Waals surface area contributed by atoms with Crippen molar-refractivity contribution in [3.8, 4) is 28.6 Å². The number of rotatable bonds is 6. The Kier molecular flexibility index (Phi) is 8.44. The molecule has 0 aliphatic carbocycles. The molecule has 1 aromatic heterocycles. The molecule has 2 saturated heterocycles. The van der Waals surface area contributed by atoms with E-state index < -0.39 is 79.0 Å². The van der Waals surface area contributed by atoms with E-state index in [1.807, 2.05) is 0 Å². The molecule has 0 unspecified atom stereocenters. The highest BCUT2D eigenvalue weighted by Crippen LogP contribution is 2.46. The van der Waals surface area contributed by atoms with Crippen LogP contribution in [-0.4, -0.2) is 110 Å². The van der Waals surface area contributed by atoms with Crippen LogP contribution in [0.2, 0.25) is 0 Å². The van der Waals surface area contributed by atoms with E-state index in [1.54, 1.807) is 0 Å². The van der Waals surface area contributed by atoms with Crippen molar-refractivity contribution in [1.82, 2.24) is 0 Å². The summed E-state index contributed by atoms with van der Waals surface area (Å²) in [6, 6.07) is 8.31. The van der Waals surface area contributed by atoms with Gasteiger partial charge in [-0.05, 0) is 31.2 Å². The number of aromatic hydroxyl groups is 2. The number of phenolic OH excluding ortho intramolecular Hbond substituents is 2. The minimum Gasteiger partial charge on any atom is -0.508 e. The molecule has 5 rings (SSSR count). The van der Waals surface area contributed by atoms with Crippen molar-refractivity contribution < 1.29 is 64.2 Å². The summed E-state index contributed by atoms with van der Waals surface area (Å²) in [5.41, 5.74) is -0.477. The van der Waals surface area contributed by atoms with Gasteiger partial charge in [0, 0.05) is 17.7 Å². The van der Waals surface area contributed by atoms with E-state index in [0.717, 1.165) is 6.07 Å². The zero-order valence-corrected chi connectivity index (χ0v) is 22.5. The molecule has 2 aliphatic rings. The second kappa shape index (κ2) is 11.8. The van der Waals surface area contributed by atoms with Gasteiger partial charge in [-0.1, -0.05) is 0 Å². The fourth-order valence-corrected chi connectivity index (χ4v) is 5.26. The molecule has 0 radical (unpaired) electrons. The van der Waals surface area contributed by atoms with Crippen molar-refractivity contribution in [1.29, 1.82) is 0 Å². The molecule has 0 spiro atoms. The number of methoxy groups -OCH3 is 1. The molecule has 0 saturated carbocycles. The Hall–Kier alpha value is -3.31. The van der Waals surface area contributed by atoms with Gasteiger partial charge in [0.1, 0.15) is 82.8 Å². The van der Waals surface area contributed by atoms with Crippen LogP contribution >= 0.6 is 0 Å². The number of hydrogen-bond acceptors (Lipinski definition) is 14. The number of fused-ring (bicyclic) bond motifs is 1. The van der Waals surface area contributed by atoms with Gasteiger partial charge >= 0.3 is 0 Å². The molecular formula is C28H32O14. The van der Waals surface area contributed by atoms with Crippen molar-refractivity contribution in [2.45, 2.75) is 68.1 Å². The quantitative estimate of drug-likeness (QED) is 0.176. The second-order valence-corrected chi connectivity index (χ2v) is 10.3. The SMILES string of the molecule is COc1cc2oc(-c3ccc(O)cc3)cc(=O)c2c(O)c1[C@@H]1O[C@H](CO)[C@@H](O)[C@H](O)[C@H]1O[C@@H]1O[C@H](C)[C@@H](O)[C@H](O)[C@@H]1O. The van der Waals surface area contributed by atoms with Gasteiger partial charge in [0.05, 0.1) is 25.4 Å². The topological polar surface area (TPSA) is 229 Å². The third kappa shape index (κ3) is 5.21. The average Bonchev–Trinajstić information content (AvgIpc) is 2.97. The average molecular weight is 593 g/mol. The number of hydrogen-bond donors (Lipinski definition) is 8. The lowest BCUT2D eigenvalue weighted by Crippen LogP contribution is -2.61. The Balaban J connectivity index is 1.61. The third-order valence-electron chi connectivity index (χ3n) is 7.62. The summed E-state index contributed by atoms with van der Waals surface area (Å²) in [6.07, 6.45) is -15.6. The highest BCUT2D eigenvalue weighted by atomic mass is 16.7. The van der Waals surface area contributed by atoms with Gasteiger partial charge in [-0.15, -0.1) is 0 Å². The van der Waals surface area contributed by atoms with Gasteiger partial charge in [0.15, 0.2) is 11.7 Å². The monoisotopic (exact) mass is 592 g/mol. The first-order valence-electron chi connectivity index (χ1n) is 13.1. The summed E-state index contributed by atoms with van der Waals surface area (Å²) >= 11 is 0. The van der Waals surface area contributed by atoms with Crippen molar-refractivity contribution >= 4 is 11.0 Å². The highest BCUT2D eigenvalue weighted by Gasteiger charge is 2.51. The van der Waals surface area contributed by atoms with Gasteiger partial charge in [-0.3, -0.25) is 4.79 Å². The summed E-state index contributed by atoms with van der Waals surface area (Å²) in [5, 5.41) is 83.0. The minimum atomic E-state index is -1.80. The number of ether oxygens (including phenoxy) is 4. The number of phenols is 2. The van der Waals surface area contributed by atoms with E-state index in [4.69, 9.17) is 23.4 Å². The maximum absolute atomic E-state index is 13.3. The molecule has 14 nitrogen and oxygen atoms in total. The van der Waals surface area contributed by atoms with Crippen LogP contribution in [0.1, 0.15) is 18.6 Å². The molecule has 0 amide bonds. The van der Waals surface area contributed by atoms with Crippen LogP contribution in [0.5, 0.6) is 17.2 Å². The zero-order valence-electron chi connectivity index (χ0n) is 22.5. The normalized spacial score (nSPS) is 33.5. The van der Waals surface area contributed by atoms with Crippen molar-refractivity contribution in [3.05, 3.63) is 52.2 Å². The van der Waals surface area contributed by atoms with Gasteiger partial charge in [0.25, 0.3) is 0 Å². The molecule has 2 fully saturated rings. The number of aliphatic hydroxyl groups is 6. The van der Waals surface area contributed by atoms with E-state index in [1.165, 1.54) is 44.4 Å². The van der Waals surface area contributed by atoms with Gasteiger partial charge in [0.2, 0.25) is 0 Å². The predicted octanol–water partition coefficient (Wildman–Crippen LogP) is -0.754. The van der Waals surface area contributed by atoms with Crippen LogP contribution in [0.3, 0.4) is 0 Å². The van der Waals surface area contributed by atoms with E-state index in [2.05, 4.69) is 0 Å². The standard InChI is InChI=1S/C28H32O14/c1-10-20(32)23(35)25(37)28(39-10)42-27-24(36)21(33)17(9-29)41-26(27)19-15(38-2)8-16-18(22(19)34)13(31)7-14(40-16)11-3-5-12(30)6-4-11/h3-8,10,17,20-21,23-30,32-37H,9H2,1-2H3/t10-,17-,20-,21-,23+,24+,25+,26+,27-,28+/m1/s1. The molecule has 42 heavy (non-hydrogen) atoms. The first-order valence-corrected chi connectivity index (χ1v) is 13.1. The molecule has 14 heteroatoms. The van der Waals surface area contributed by atoms with Crippen LogP contribution in [0.25, 0.3) is 22.3 Å². The molecule has 2 aliphatic heterocycles. The molecule has 228 valence electrons.